The number of benzene rings is 1. The van der Waals surface area contributed by atoms with Gasteiger partial charge in [0.1, 0.15) is 4.34 Å². The summed E-state index contributed by atoms with van der Waals surface area (Å²) < 4.78 is 13.2. The zero-order valence-electron chi connectivity index (χ0n) is 12.9. The number of anilines is 1. The van der Waals surface area contributed by atoms with Crippen LogP contribution in [0.5, 0.6) is 0 Å². The SMILES string of the molecule is Fc1nc(NCCCCNCCNCc2ccccc2)c(Cl)s1. The van der Waals surface area contributed by atoms with Gasteiger partial charge in [0.2, 0.25) is 0 Å². The Labute approximate surface area is 145 Å². The second kappa shape index (κ2) is 10.5. The maximum atomic E-state index is 12.8. The highest BCUT2D eigenvalue weighted by molar-refractivity contribution is 7.15. The van der Waals surface area contributed by atoms with Crippen LogP contribution in [-0.2, 0) is 6.54 Å². The average molecular weight is 357 g/mol. The summed E-state index contributed by atoms with van der Waals surface area (Å²) in [5.74, 6) is 0.451. The van der Waals surface area contributed by atoms with Crippen LogP contribution in [0.25, 0.3) is 0 Å². The summed E-state index contributed by atoms with van der Waals surface area (Å²) >= 11 is 6.69. The van der Waals surface area contributed by atoms with E-state index in [4.69, 9.17) is 11.6 Å². The van der Waals surface area contributed by atoms with E-state index in [9.17, 15) is 4.39 Å². The molecule has 0 spiro atoms. The fraction of sp³-hybridized carbons (Fsp3) is 0.438. The van der Waals surface area contributed by atoms with Crippen molar-refractivity contribution in [1.29, 1.82) is 0 Å². The summed E-state index contributed by atoms with van der Waals surface area (Å²) in [6.45, 7) is 4.51. The predicted octanol–water partition coefficient (Wildman–Crippen LogP) is 3.51. The molecule has 0 amide bonds. The third-order valence-corrected chi connectivity index (χ3v) is 4.33. The van der Waals surface area contributed by atoms with Crippen molar-refractivity contribution in [3.05, 3.63) is 45.5 Å². The minimum absolute atomic E-state index is 0.380. The molecule has 0 aliphatic carbocycles. The van der Waals surface area contributed by atoms with E-state index in [1.807, 2.05) is 6.07 Å². The number of aromatic nitrogens is 1. The van der Waals surface area contributed by atoms with Crippen molar-refractivity contribution in [2.45, 2.75) is 19.4 Å². The second-order valence-corrected chi connectivity index (χ2v) is 6.69. The number of nitrogens with zero attached hydrogens (tertiary/aromatic N) is 1. The Kier molecular flexibility index (Phi) is 8.31. The van der Waals surface area contributed by atoms with Crippen molar-refractivity contribution in [2.75, 3.05) is 31.5 Å². The molecule has 2 aromatic rings. The van der Waals surface area contributed by atoms with Crippen molar-refractivity contribution >= 4 is 28.8 Å². The highest BCUT2D eigenvalue weighted by atomic mass is 35.5. The first kappa shape index (κ1) is 18.1. The van der Waals surface area contributed by atoms with Crippen LogP contribution in [0.1, 0.15) is 18.4 Å². The normalized spacial score (nSPS) is 10.9. The lowest BCUT2D eigenvalue weighted by atomic mass is 10.2. The summed E-state index contributed by atoms with van der Waals surface area (Å²) in [4.78, 5) is 3.69. The number of hydrogen-bond acceptors (Lipinski definition) is 5. The Morgan fingerprint density at radius 1 is 1.00 bits per heavy atom. The molecule has 4 nitrogen and oxygen atoms in total. The third kappa shape index (κ3) is 7.26. The van der Waals surface area contributed by atoms with E-state index in [2.05, 4.69) is 45.2 Å². The number of unbranched alkanes of at least 4 members (excludes halogenated alkanes) is 1. The molecule has 0 bridgehead atoms. The molecule has 0 saturated heterocycles. The molecule has 1 aromatic carbocycles. The van der Waals surface area contributed by atoms with Gasteiger partial charge in [-0.05, 0) is 24.9 Å². The summed E-state index contributed by atoms with van der Waals surface area (Å²) in [5, 5.41) is 9.35. The van der Waals surface area contributed by atoms with Crippen LogP contribution in [0.2, 0.25) is 4.34 Å². The van der Waals surface area contributed by atoms with Gasteiger partial charge in [-0.2, -0.15) is 9.37 Å². The smallest absolute Gasteiger partial charge is 0.272 e. The topological polar surface area (TPSA) is 49.0 Å². The van der Waals surface area contributed by atoms with Crippen LogP contribution < -0.4 is 16.0 Å². The van der Waals surface area contributed by atoms with Gasteiger partial charge >= 0.3 is 0 Å². The van der Waals surface area contributed by atoms with E-state index in [0.29, 0.717) is 10.2 Å². The molecule has 0 fully saturated rings. The van der Waals surface area contributed by atoms with Gasteiger partial charge in [0.05, 0.1) is 0 Å². The molecule has 1 aromatic heterocycles. The molecule has 0 atom stereocenters. The zero-order valence-corrected chi connectivity index (χ0v) is 14.5. The standard InChI is InChI=1S/C16H22ClFN4S/c17-14-15(22-16(18)23-14)21-9-5-4-8-19-10-11-20-12-13-6-2-1-3-7-13/h1-3,6-7,19-21H,4-5,8-12H2. The molecule has 0 aliphatic heterocycles. The molecule has 3 N–H and O–H groups in total. The van der Waals surface area contributed by atoms with Crippen LogP contribution in [0.3, 0.4) is 0 Å². The molecule has 0 saturated carbocycles. The molecule has 0 radical (unpaired) electrons. The van der Waals surface area contributed by atoms with E-state index < -0.39 is 5.26 Å². The Balaban J connectivity index is 1.40. The molecular weight excluding hydrogens is 335 g/mol. The maximum absolute atomic E-state index is 12.8. The van der Waals surface area contributed by atoms with Gasteiger partial charge in [-0.3, -0.25) is 0 Å². The van der Waals surface area contributed by atoms with Crippen molar-refractivity contribution in [3.8, 4) is 0 Å². The van der Waals surface area contributed by atoms with E-state index in [1.54, 1.807) is 0 Å². The summed E-state index contributed by atoms with van der Waals surface area (Å²) in [6.07, 6.45) is 2.04. The van der Waals surface area contributed by atoms with Crippen molar-refractivity contribution < 1.29 is 4.39 Å². The zero-order chi connectivity index (χ0) is 16.3. The maximum Gasteiger partial charge on any atom is 0.272 e. The first-order valence-electron chi connectivity index (χ1n) is 7.77. The third-order valence-electron chi connectivity index (χ3n) is 3.28. The Morgan fingerprint density at radius 3 is 2.48 bits per heavy atom. The molecule has 23 heavy (non-hydrogen) atoms. The molecule has 7 heteroatoms. The molecular formula is C16H22ClFN4S. The fourth-order valence-electron chi connectivity index (χ4n) is 2.10. The minimum Gasteiger partial charge on any atom is -0.368 e. The second-order valence-electron chi connectivity index (χ2n) is 5.14. The molecule has 0 unspecified atom stereocenters. The van der Waals surface area contributed by atoms with Crippen molar-refractivity contribution in [2.24, 2.45) is 0 Å². The van der Waals surface area contributed by atoms with Gasteiger partial charge in [0.15, 0.2) is 5.82 Å². The van der Waals surface area contributed by atoms with E-state index in [0.717, 1.165) is 56.9 Å². The van der Waals surface area contributed by atoms with Gasteiger partial charge in [-0.1, -0.05) is 53.3 Å². The largest absolute Gasteiger partial charge is 0.368 e. The Morgan fingerprint density at radius 2 is 1.74 bits per heavy atom. The first-order valence-corrected chi connectivity index (χ1v) is 8.96. The van der Waals surface area contributed by atoms with Gasteiger partial charge in [-0.25, -0.2) is 0 Å². The van der Waals surface area contributed by atoms with E-state index in [-0.39, 0.29) is 0 Å². The van der Waals surface area contributed by atoms with Crippen molar-refractivity contribution in [1.82, 2.24) is 15.6 Å². The summed E-state index contributed by atoms with van der Waals surface area (Å²) in [7, 11) is 0. The molecule has 1 heterocycles. The van der Waals surface area contributed by atoms with Gasteiger partial charge in [-0.15, -0.1) is 0 Å². The Bertz CT molecular complexity index is 564. The molecule has 126 valence electrons. The number of thiazole rings is 1. The predicted molar refractivity (Wildman–Crippen MR) is 95.8 cm³/mol. The monoisotopic (exact) mass is 356 g/mol. The molecule has 2 rings (SSSR count). The molecule has 0 aliphatic rings. The number of halogens is 2. The number of nitrogens with one attached hydrogen (secondary N) is 3. The van der Waals surface area contributed by atoms with Crippen LogP contribution in [0.15, 0.2) is 30.3 Å². The lowest BCUT2D eigenvalue weighted by Gasteiger charge is -2.07. The summed E-state index contributed by atoms with van der Waals surface area (Å²) in [5.41, 5.74) is 1.30. The van der Waals surface area contributed by atoms with E-state index >= 15 is 0 Å². The number of rotatable bonds is 11. The first-order chi connectivity index (χ1) is 11.3. The number of hydrogen-bond donors (Lipinski definition) is 3. The van der Waals surface area contributed by atoms with Gasteiger partial charge < -0.3 is 16.0 Å². The van der Waals surface area contributed by atoms with Crippen LogP contribution in [0.4, 0.5) is 10.2 Å². The Hall–Kier alpha value is -1.21. The van der Waals surface area contributed by atoms with Crippen LogP contribution in [0, 0.1) is 5.26 Å². The minimum atomic E-state index is -0.498. The summed E-state index contributed by atoms with van der Waals surface area (Å²) in [6, 6.07) is 10.4. The van der Waals surface area contributed by atoms with Crippen molar-refractivity contribution in [3.63, 3.8) is 0 Å². The lowest BCUT2D eigenvalue weighted by molar-refractivity contribution is 0.589. The van der Waals surface area contributed by atoms with Crippen LogP contribution in [-0.4, -0.2) is 31.2 Å². The highest BCUT2D eigenvalue weighted by Gasteiger charge is 2.07. The van der Waals surface area contributed by atoms with Crippen LogP contribution >= 0.6 is 22.9 Å². The van der Waals surface area contributed by atoms with Gasteiger partial charge in [0, 0.05) is 26.2 Å². The highest BCUT2D eigenvalue weighted by Crippen LogP contribution is 2.27. The fourth-order valence-corrected chi connectivity index (χ4v) is 2.90. The lowest BCUT2D eigenvalue weighted by Crippen LogP contribution is -2.27. The van der Waals surface area contributed by atoms with Gasteiger partial charge in [0.25, 0.3) is 5.26 Å². The average Bonchev–Trinajstić information content (AvgIpc) is 2.88. The quantitative estimate of drug-likeness (QED) is 0.539. The van der Waals surface area contributed by atoms with E-state index in [1.165, 1.54) is 5.56 Å².